The second kappa shape index (κ2) is 9.67. The number of rotatable bonds is 8. The first kappa shape index (κ1) is 22.6. The first-order valence-electron chi connectivity index (χ1n) is 9.19. The molecule has 2 aromatic rings. The summed E-state index contributed by atoms with van der Waals surface area (Å²) in [5.74, 6) is -1.08. The van der Waals surface area contributed by atoms with Crippen molar-refractivity contribution in [2.24, 2.45) is 0 Å². The van der Waals surface area contributed by atoms with E-state index in [0.29, 0.717) is 6.54 Å². The van der Waals surface area contributed by atoms with Crippen LogP contribution in [-0.4, -0.2) is 51.3 Å². The van der Waals surface area contributed by atoms with E-state index in [9.17, 15) is 18.0 Å². The Morgan fingerprint density at radius 3 is 2.31 bits per heavy atom. The zero-order chi connectivity index (χ0) is 21.6. The lowest BCUT2D eigenvalue weighted by molar-refractivity contribution is -0.129. The van der Waals surface area contributed by atoms with E-state index in [2.05, 4.69) is 5.32 Å². The third-order valence-electron chi connectivity index (χ3n) is 4.45. The minimum absolute atomic E-state index is 0.0225. The highest BCUT2D eigenvalue weighted by Crippen LogP contribution is 2.16. The van der Waals surface area contributed by atoms with Gasteiger partial charge in [-0.3, -0.25) is 4.79 Å². The van der Waals surface area contributed by atoms with E-state index in [4.69, 9.17) is 4.74 Å². The summed E-state index contributed by atoms with van der Waals surface area (Å²) in [6, 6.07) is 15.3. The fraction of sp³-hybridized carbons (Fsp3) is 0.333. The van der Waals surface area contributed by atoms with Crippen LogP contribution in [0.1, 0.15) is 35.7 Å². The average Bonchev–Trinajstić information content (AvgIpc) is 2.72. The maximum absolute atomic E-state index is 12.4. The van der Waals surface area contributed by atoms with E-state index in [1.165, 1.54) is 45.3 Å². The van der Waals surface area contributed by atoms with Crippen molar-refractivity contribution in [3.05, 3.63) is 65.7 Å². The monoisotopic (exact) mass is 418 g/mol. The van der Waals surface area contributed by atoms with Crippen molar-refractivity contribution >= 4 is 21.9 Å². The molecule has 0 heterocycles. The molecule has 29 heavy (non-hydrogen) atoms. The second-order valence-electron chi connectivity index (χ2n) is 6.92. The van der Waals surface area contributed by atoms with Gasteiger partial charge in [0.15, 0.2) is 6.10 Å². The van der Waals surface area contributed by atoms with Gasteiger partial charge in [-0.1, -0.05) is 43.3 Å². The minimum Gasteiger partial charge on any atom is -0.449 e. The summed E-state index contributed by atoms with van der Waals surface area (Å²) >= 11 is 0. The molecule has 8 heteroatoms. The Morgan fingerprint density at radius 1 is 1.03 bits per heavy atom. The van der Waals surface area contributed by atoms with Crippen molar-refractivity contribution in [3.63, 3.8) is 0 Å². The SMILES string of the molecule is C[C@@H](OC(=O)c1cccc(S(=O)(=O)N(C)C)c1)C(=O)NC[C@H](C)c1ccccc1. The standard InChI is InChI=1S/C21H26N2O5S/c1-15(17-9-6-5-7-10-17)14-22-20(24)16(2)28-21(25)18-11-8-12-19(13-18)29(26,27)23(3)4/h5-13,15-16H,14H2,1-4H3,(H,22,24)/t15-,16+/m0/s1. The number of nitrogens with zero attached hydrogens (tertiary/aromatic N) is 1. The van der Waals surface area contributed by atoms with Crippen LogP contribution in [0.5, 0.6) is 0 Å². The lowest BCUT2D eigenvalue weighted by Gasteiger charge is -2.17. The van der Waals surface area contributed by atoms with Gasteiger partial charge in [-0.05, 0) is 36.6 Å². The summed E-state index contributed by atoms with van der Waals surface area (Å²) in [6.45, 7) is 3.87. The largest absolute Gasteiger partial charge is 0.449 e. The predicted octanol–water partition coefficient (Wildman–Crippen LogP) is 2.40. The first-order chi connectivity index (χ1) is 13.6. The summed E-state index contributed by atoms with van der Waals surface area (Å²) in [4.78, 5) is 24.6. The summed E-state index contributed by atoms with van der Waals surface area (Å²) in [7, 11) is -0.864. The van der Waals surface area contributed by atoms with Gasteiger partial charge in [-0.15, -0.1) is 0 Å². The molecule has 0 aliphatic heterocycles. The Balaban J connectivity index is 1.97. The molecule has 0 saturated carbocycles. The number of esters is 1. The Hall–Kier alpha value is -2.71. The van der Waals surface area contributed by atoms with Gasteiger partial charge in [0, 0.05) is 20.6 Å². The number of nitrogens with one attached hydrogen (secondary N) is 1. The van der Waals surface area contributed by atoms with Gasteiger partial charge in [-0.2, -0.15) is 0 Å². The average molecular weight is 419 g/mol. The Bertz CT molecular complexity index is 958. The molecule has 2 rings (SSSR count). The molecular weight excluding hydrogens is 392 g/mol. The molecule has 0 bridgehead atoms. The molecular formula is C21H26N2O5S. The molecule has 156 valence electrons. The van der Waals surface area contributed by atoms with Gasteiger partial charge >= 0.3 is 5.97 Å². The van der Waals surface area contributed by atoms with E-state index in [0.717, 1.165) is 9.87 Å². The number of benzene rings is 2. The molecule has 7 nitrogen and oxygen atoms in total. The Morgan fingerprint density at radius 2 is 1.69 bits per heavy atom. The van der Waals surface area contributed by atoms with Gasteiger partial charge in [0.05, 0.1) is 10.5 Å². The lowest BCUT2D eigenvalue weighted by atomic mass is 10.0. The van der Waals surface area contributed by atoms with Gasteiger partial charge in [0.1, 0.15) is 0 Å². The molecule has 0 aliphatic rings. The molecule has 0 radical (unpaired) electrons. The Kier molecular flexibility index (Phi) is 7.53. The molecule has 0 unspecified atom stereocenters. The Labute approximate surface area is 171 Å². The van der Waals surface area contributed by atoms with Gasteiger partial charge < -0.3 is 10.1 Å². The third kappa shape index (κ3) is 5.88. The topological polar surface area (TPSA) is 92.8 Å². The maximum atomic E-state index is 12.4. The van der Waals surface area contributed by atoms with Crippen molar-refractivity contribution in [2.75, 3.05) is 20.6 Å². The van der Waals surface area contributed by atoms with Crippen LogP contribution >= 0.6 is 0 Å². The van der Waals surface area contributed by atoms with Crippen molar-refractivity contribution in [3.8, 4) is 0 Å². The minimum atomic E-state index is -3.68. The zero-order valence-corrected chi connectivity index (χ0v) is 17.8. The van der Waals surface area contributed by atoms with Crippen molar-refractivity contribution in [2.45, 2.75) is 30.8 Å². The van der Waals surface area contributed by atoms with Crippen LogP contribution in [0.25, 0.3) is 0 Å². The van der Waals surface area contributed by atoms with Gasteiger partial charge in [-0.25, -0.2) is 17.5 Å². The summed E-state index contributed by atoms with van der Waals surface area (Å²) in [6.07, 6.45) is -1.01. The molecule has 0 spiro atoms. The number of carbonyl (C=O) groups is 2. The number of ether oxygens (including phenoxy) is 1. The van der Waals surface area contributed by atoms with E-state index in [-0.39, 0.29) is 16.4 Å². The van der Waals surface area contributed by atoms with Crippen LogP contribution in [0, 0.1) is 0 Å². The maximum Gasteiger partial charge on any atom is 0.338 e. The second-order valence-corrected chi connectivity index (χ2v) is 9.07. The lowest BCUT2D eigenvalue weighted by Crippen LogP contribution is -2.37. The van der Waals surface area contributed by atoms with Crippen LogP contribution in [0.15, 0.2) is 59.5 Å². The van der Waals surface area contributed by atoms with Crippen LogP contribution in [0.4, 0.5) is 0 Å². The molecule has 0 saturated heterocycles. The summed E-state index contributed by atoms with van der Waals surface area (Å²) in [5, 5.41) is 2.77. The van der Waals surface area contributed by atoms with Gasteiger partial charge in [0.2, 0.25) is 10.0 Å². The smallest absolute Gasteiger partial charge is 0.338 e. The molecule has 1 amide bonds. The first-order valence-corrected chi connectivity index (χ1v) is 10.6. The van der Waals surface area contributed by atoms with Crippen LogP contribution < -0.4 is 5.32 Å². The zero-order valence-electron chi connectivity index (χ0n) is 17.0. The molecule has 0 fully saturated rings. The quantitative estimate of drug-likeness (QED) is 0.665. The molecule has 0 aromatic heterocycles. The fourth-order valence-electron chi connectivity index (χ4n) is 2.57. The number of carbonyl (C=O) groups excluding carboxylic acids is 2. The van der Waals surface area contributed by atoms with E-state index < -0.39 is 28.0 Å². The highest BCUT2D eigenvalue weighted by Gasteiger charge is 2.22. The highest BCUT2D eigenvalue weighted by molar-refractivity contribution is 7.89. The van der Waals surface area contributed by atoms with E-state index >= 15 is 0 Å². The summed E-state index contributed by atoms with van der Waals surface area (Å²) in [5.41, 5.74) is 1.15. The van der Waals surface area contributed by atoms with Crippen LogP contribution in [0.2, 0.25) is 0 Å². The molecule has 1 N–H and O–H groups in total. The van der Waals surface area contributed by atoms with Crippen LogP contribution in [0.3, 0.4) is 0 Å². The fourth-order valence-corrected chi connectivity index (χ4v) is 3.52. The highest BCUT2D eigenvalue weighted by atomic mass is 32.2. The van der Waals surface area contributed by atoms with E-state index in [1.807, 2.05) is 37.3 Å². The number of sulfonamides is 1. The summed E-state index contributed by atoms with van der Waals surface area (Å²) < 4.78 is 30.7. The van der Waals surface area contributed by atoms with E-state index in [1.54, 1.807) is 0 Å². The molecule has 2 aromatic carbocycles. The van der Waals surface area contributed by atoms with Gasteiger partial charge in [0.25, 0.3) is 5.91 Å². The van der Waals surface area contributed by atoms with Crippen molar-refractivity contribution < 1.29 is 22.7 Å². The molecule has 0 aliphatic carbocycles. The normalized spacial score (nSPS) is 13.6. The van der Waals surface area contributed by atoms with Crippen LogP contribution in [-0.2, 0) is 19.6 Å². The predicted molar refractivity (Wildman–Crippen MR) is 110 cm³/mol. The number of hydrogen-bond acceptors (Lipinski definition) is 5. The van der Waals surface area contributed by atoms with Crippen molar-refractivity contribution in [1.29, 1.82) is 0 Å². The molecule has 2 atom stereocenters. The number of hydrogen-bond donors (Lipinski definition) is 1. The number of amides is 1. The van der Waals surface area contributed by atoms with Crippen molar-refractivity contribution in [1.82, 2.24) is 9.62 Å². The third-order valence-corrected chi connectivity index (χ3v) is 6.26.